The highest BCUT2D eigenvalue weighted by atomic mass is 19.1. The summed E-state index contributed by atoms with van der Waals surface area (Å²) in [7, 11) is 0. The molecule has 3 rings (SSSR count). The van der Waals surface area contributed by atoms with Gasteiger partial charge in [0.25, 0.3) is 0 Å². The van der Waals surface area contributed by atoms with Crippen LogP contribution in [0.15, 0.2) is 72.8 Å². The summed E-state index contributed by atoms with van der Waals surface area (Å²) < 4.78 is 19.7. The van der Waals surface area contributed by atoms with Crippen molar-refractivity contribution in [1.29, 1.82) is 0 Å². The quantitative estimate of drug-likeness (QED) is 0.670. The summed E-state index contributed by atoms with van der Waals surface area (Å²) in [4.78, 5) is 0. The van der Waals surface area contributed by atoms with Gasteiger partial charge in [-0.3, -0.25) is 0 Å². The average Bonchev–Trinajstić information content (AvgIpc) is 2.53. The molecule has 0 atom stereocenters. The highest BCUT2D eigenvalue weighted by Gasteiger charge is 2.05. The van der Waals surface area contributed by atoms with Crippen LogP contribution in [0.4, 0.5) is 21.5 Å². The Kier molecular flexibility index (Phi) is 3.92. The second-order valence-corrected chi connectivity index (χ2v) is 4.80. The second-order valence-electron chi connectivity index (χ2n) is 4.80. The molecule has 3 nitrogen and oxygen atoms in total. The van der Waals surface area contributed by atoms with E-state index < -0.39 is 0 Å². The van der Waals surface area contributed by atoms with E-state index in [1.807, 2.05) is 30.3 Å². The van der Waals surface area contributed by atoms with E-state index in [9.17, 15) is 4.39 Å². The number of hydrogen-bond donors (Lipinski definition) is 2. The van der Waals surface area contributed by atoms with Gasteiger partial charge in [0.15, 0.2) is 0 Å². The van der Waals surface area contributed by atoms with Gasteiger partial charge >= 0.3 is 0 Å². The first kappa shape index (κ1) is 13.9. The van der Waals surface area contributed by atoms with Gasteiger partial charge < -0.3 is 15.8 Å². The highest BCUT2D eigenvalue weighted by molar-refractivity contribution is 5.61. The first-order chi connectivity index (χ1) is 10.7. The van der Waals surface area contributed by atoms with Gasteiger partial charge in [0, 0.05) is 17.4 Å². The summed E-state index contributed by atoms with van der Waals surface area (Å²) in [6, 6.07) is 21.1. The number of halogens is 1. The van der Waals surface area contributed by atoms with Crippen molar-refractivity contribution in [1.82, 2.24) is 0 Å². The number of para-hydroxylation sites is 1. The Morgan fingerprint density at radius 1 is 0.818 bits per heavy atom. The van der Waals surface area contributed by atoms with Crippen molar-refractivity contribution in [2.75, 3.05) is 11.1 Å². The fraction of sp³-hybridized carbons (Fsp3) is 0. The molecule has 0 bridgehead atoms. The van der Waals surface area contributed by atoms with E-state index >= 15 is 0 Å². The van der Waals surface area contributed by atoms with E-state index in [1.165, 1.54) is 6.07 Å². The third kappa shape index (κ3) is 3.35. The van der Waals surface area contributed by atoms with Crippen LogP contribution in [-0.2, 0) is 0 Å². The zero-order chi connectivity index (χ0) is 15.4. The smallest absolute Gasteiger partial charge is 0.150 e. The first-order valence-corrected chi connectivity index (χ1v) is 6.86. The minimum Gasteiger partial charge on any atom is -0.457 e. The molecule has 0 aromatic heterocycles. The van der Waals surface area contributed by atoms with E-state index in [1.54, 1.807) is 36.4 Å². The maximum atomic E-state index is 14.1. The molecule has 22 heavy (non-hydrogen) atoms. The molecule has 0 unspecified atom stereocenters. The van der Waals surface area contributed by atoms with Gasteiger partial charge in [0.05, 0.1) is 5.69 Å². The number of rotatable bonds is 4. The molecule has 3 N–H and O–H groups in total. The molecule has 110 valence electrons. The first-order valence-electron chi connectivity index (χ1n) is 6.86. The van der Waals surface area contributed by atoms with Crippen molar-refractivity contribution in [3.8, 4) is 11.5 Å². The molecule has 0 saturated heterocycles. The average molecular weight is 294 g/mol. The molecule has 0 heterocycles. The lowest BCUT2D eigenvalue weighted by Crippen LogP contribution is -1.94. The Labute approximate surface area is 128 Å². The zero-order valence-electron chi connectivity index (χ0n) is 11.8. The number of anilines is 3. The molecule has 0 fully saturated rings. The largest absolute Gasteiger partial charge is 0.457 e. The standard InChI is InChI=1S/C18H15FN2O/c19-17-12-16(22-15-8-6-13(20)7-9-15)10-11-18(17)21-14-4-2-1-3-5-14/h1-12,21H,20H2. The van der Waals surface area contributed by atoms with Crippen LogP contribution < -0.4 is 15.8 Å². The van der Waals surface area contributed by atoms with Crippen LogP contribution in [-0.4, -0.2) is 0 Å². The molecule has 3 aromatic rings. The molecule has 4 heteroatoms. The van der Waals surface area contributed by atoms with Crippen LogP contribution in [0.25, 0.3) is 0 Å². The summed E-state index contributed by atoms with van der Waals surface area (Å²) in [5, 5.41) is 3.02. The van der Waals surface area contributed by atoms with Gasteiger partial charge in [-0.2, -0.15) is 0 Å². The summed E-state index contributed by atoms with van der Waals surface area (Å²) in [5.41, 5.74) is 7.49. The molecule has 3 aromatic carbocycles. The number of nitrogens with two attached hydrogens (primary N) is 1. The molecular formula is C18H15FN2O. The predicted molar refractivity (Wildman–Crippen MR) is 87.1 cm³/mol. The summed E-state index contributed by atoms with van der Waals surface area (Å²) in [5.74, 6) is 0.662. The van der Waals surface area contributed by atoms with Crippen LogP contribution in [0.2, 0.25) is 0 Å². The van der Waals surface area contributed by atoms with Crippen LogP contribution >= 0.6 is 0 Å². The van der Waals surface area contributed by atoms with E-state index in [-0.39, 0.29) is 5.82 Å². The molecule has 0 aliphatic heterocycles. The Balaban J connectivity index is 1.75. The molecule has 0 saturated carbocycles. The van der Waals surface area contributed by atoms with Gasteiger partial charge in [-0.05, 0) is 48.5 Å². The lowest BCUT2D eigenvalue weighted by atomic mass is 10.2. The number of nitrogens with one attached hydrogen (secondary N) is 1. The lowest BCUT2D eigenvalue weighted by molar-refractivity contribution is 0.477. The molecule has 0 aliphatic rings. The number of hydrogen-bond acceptors (Lipinski definition) is 3. The highest BCUT2D eigenvalue weighted by Crippen LogP contribution is 2.27. The minimum absolute atomic E-state index is 0.378. The van der Waals surface area contributed by atoms with Crippen molar-refractivity contribution in [2.24, 2.45) is 0 Å². The van der Waals surface area contributed by atoms with Crippen molar-refractivity contribution < 1.29 is 9.13 Å². The number of nitrogen functional groups attached to an aromatic ring is 1. The molecule has 0 spiro atoms. The Morgan fingerprint density at radius 2 is 1.50 bits per heavy atom. The summed E-state index contributed by atoms with van der Waals surface area (Å²) in [6.07, 6.45) is 0. The number of ether oxygens (including phenoxy) is 1. The SMILES string of the molecule is Nc1ccc(Oc2ccc(Nc3ccccc3)c(F)c2)cc1. The zero-order valence-corrected chi connectivity index (χ0v) is 11.8. The maximum Gasteiger partial charge on any atom is 0.150 e. The Bertz CT molecular complexity index is 758. The minimum atomic E-state index is -0.378. The van der Waals surface area contributed by atoms with Crippen LogP contribution in [0.5, 0.6) is 11.5 Å². The van der Waals surface area contributed by atoms with Crippen molar-refractivity contribution in [3.63, 3.8) is 0 Å². The molecule has 0 radical (unpaired) electrons. The van der Waals surface area contributed by atoms with Gasteiger partial charge in [0.2, 0.25) is 0 Å². The van der Waals surface area contributed by atoms with Gasteiger partial charge in [-0.25, -0.2) is 4.39 Å². The monoisotopic (exact) mass is 294 g/mol. The number of benzene rings is 3. The second kappa shape index (κ2) is 6.18. The van der Waals surface area contributed by atoms with Gasteiger partial charge in [-0.1, -0.05) is 18.2 Å². The maximum absolute atomic E-state index is 14.1. The normalized spacial score (nSPS) is 10.2. The lowest BCUT2D eigenvalue weighted by Gasteiger charge is -2.10. The summed E-state index contributed by atoms with van der Waals surface area (Å²) in [6.45, 7) is 0. The van der Waals surface area contributed by atoms with E-state index in [0.29, 0.717) is 22.9 Å². The topological polar surface area (TPSA) is 47.3 Å². The van der Waals surface area contributed by atoms with Crippen molar-refractivity contribution in [2.45, 2.75) is 0 Å². The van der Waals surface area contributed by atoms with Crippen LogP contribution in [0.3, 0.4) is 0 Å². The van der Waals surface area contributed by atoms with Gasteiger partial charge in [-0.15, -0.1) is 0 Å². The third-order valence-corrected chi connectivity index (χ3v) is 3.11. The van der Waals surface area contributed by atoms with Crippen molar-refractivity contribution >= 4 is 17.1 Å². The fourth-order valence-corrected chi connectivity index (χ4v) is 2.01. The molecular weight excluding hydrogens is 279 g/mol. The van der Waals surface area contributed by atoms with Crippen molar-refractivity contribution in [3.05, 3.63) is 78.6 Å². The Hall–Kier alpha value is -3.01. The van der Waals surface area contributed by atoms with E-state index in [0.717, 1.165) is 5.69 Å². The summed E-state index contributed by atoms with van der Waals surface area (Å²) >= 11 is 0. The van der Waals surface area contributed by atoms with E-state index in [4.69, 9.17) is 10.5 Å². The third-order valence-electron chi connectivity index (χ3n) is 3.11. The Morgan fingerprint density at radius 3 is 2.18 bits per heavy atom. The fourth-order valence-electron chi connectivity index (χ4n) is 2.01. The van der Waals surface area contributed by atoms with Crippen LogP contribution in [0.1, 0.15) is 0 Å². The van der Waals surface area contributed by atoms with E-state index in [2.05, 4.69) is 5.32 Å². The van der Waals surface area contributed by atoms with Gasteiger partial charge in [0.1, 0.15) is 17.3 Å². The van der Waals surface area contributed by atoms with Crippen LogP contribution in [0, 0.1) is 5.82 Å². The molecule has 0 aliphatic carbocycles. The predicted octanol–water partition coefficient (Wildman–Crippen LogP) is 4.94. The molecule has 0 amide bonds.